The van der Waals surface area contributed by atoms with E-state index in [0.717, 1.165) is 5.56 Å². The number of anilines is 1. The summed E-state index contributed by atoms with van der Waals surface area (Å²) in [5.74, 6) is -0.0646. The van der Waals surface area contributed by atoms with E-state index in [1.54, 1.807) is 24.3 Å². The fraction of sp³-hybridized carbons (Fsp3) is 0.143. The molecule has 0 aromatic heterocycles. The molecule has 2 rings (SSSR count). The van der Waals surface area contributed by atoms with E-state index >= 15 is 0 Å². The number of sulfonamides is 1. The lowest BCUT2D eigenvalue weighted by Crippen LogP contribution is -2.24. The molecular weight excluding hydrogens is 260 g/mol. The van der Waals surface area contributed by atoms with Gasteiger partial charge in [-0.3, -0.25) is 0 Å². The van der Waals surface area contributed by atoms with E-state index in [0.29, 0.717) is 17.8 Å². The number of nitrogens with two attached hydrogens (primary N) is 1. The van der Waals surface area contributed by atoms with Crippen LogP contribution in [0.1, 0.15) is 11.1 Å². The number of rotatable bonds is 5. The highest BCUT2D eigenvalue weighted by Crippen LogP contribution is 2.10. The molecule has 0 spiro atoms. The third kappa shape index (κ3) is 4.39. The van der Waals surface area contributed by atoms with Crippen molar-refractivity contribution in [3.05, 3.63) is 65.7 Å². The van der Waals surface area contributed by atoms with Crippen molar-refractivity contribution in [3.63, 3.8) is 0 Å². The first-order chi connectivity index (χ1) is 9.05. The SMILES string of the molecule is Nc1cccc(CS(=O)(=O)NCc2ccccc2)c1. The van der Waals surface area contributed by atoms with Crippen molar-refractivity contribution < 1.29 is 8.42 Å². The summed E-state index contributed by atoms with van der Waals surface area (Å²) in [5.41, 5.74) is 7.80. The van der Waals surface area contributed by atoms with Crippen LogP contribution in [0.2, 0.25) is 0 Å². The molecule has 0 amide bonds. The summed E-state index contributed by atoms with van der Waals surface area (Å²) >= 11 is 0. The van der Waals surface area contributed by atoms with Crippen LogP contribution in [0.5, 0.6) is 0 Å². The van der Waals surface area contributed by atoms with Crippen LogP contribution >= 0.6 is 0 Å². The van der Waals surface area contributed by atoms with Gasteiger partial charge in [0.05, 0.1) is 5.75 Å². The van der Waals surface area contributed by atoms with Crippen LogP contribution in [-0.4, -0.2) is 8.42 Å². The first kappa shape index (κ1) is 13.6. The first-order valence-corrected chi connectivity index (χ1v) is 7.56. The molecule has 0 aliphatic heterocycles. The fourth-order valence-corrected chi connectivity index (χ4v) is 2.85. The summed E-state index contributed by atoms with van der Waals surface area (Å²) in [6.45, 7) is 0.297. The smallest absolute Gasteiger partial charge is 0.216 e. The summed E-state index contributed by atoms with van der Waals surface area (Å²) in [6.07, 6.45) is 0. The lowest BCUT2D eigenvalue weighted by molar-refractivity contribution is 0.580. The molecule has 0 atom stereocenters. The van der Waals surface area contributed by atoms with Crippen molar-refractivity contribution >= 4 is 15.7 Å². The Morgan fingerprint density at radius 2 is 1.63 bits per heavy atom. The van der Waals surface area contributed by atoms with Gasteiger partial charge in [-0.05, 0) is 23.3 Å². The van der Waals surface area contributed by atoms with Crippen molar-refractivity contribution in [2.75, 3.05) is 5.73 Å². The minimum Gasteiger partial charge on any atom is -0.399 e. The van der Waals surface area contributed by atoms with Crippen LogP contribution in [0.25, 0.3) is 0 Å². The van der Waals surface area contributed by atoms with Gasteiger partial charge in [0.25, 0.3) is 0 Å². The van der Waals surface area contributed by atoms with Gasteiger partial charge in [0.2, 0.25) is 10.0 Å². The summed E-state index contributed by atoms with van der Waals surface area (Å²) in [7, 11) is -3.36. The van der Waals surface area contributed by atoms with Gasteiger partial charge in [-0.25, -0.2) is 13.1 Å². The number of hydrogen-bond donors (Lipinski definition) is 2. The minimum atomic E-state index is -3.36. The van der Waals surface area contributed by atoms with Gasteiger partial charge in [0, 0.05) is 12.2 Å². The third-order valence-electron chi connectivity index (χ3n) is 2.65. The topological polar surface area (TPSA) is 72.2 Å². The van der Waals surface area contributed by atoms with Gasteiger partial charge in [-0.1, -0.05) is 42.5 Å². The molecule has 0 heterocycles. The molecule has 19 heavy (non-hydrogen) atoms. The van der Waals surface area contributed by atoms with E-state index in [4.69, 9.17) is 5.73 Å². The lowest BCUT2D eigenvalue weighted by Gasteiger charge is -2.07. The molecule has 2 aromatic rings. The van der Waals surface area contributed by atoms with Gasteiger partial charge >= 0.3 is 0 Å². The Bertz CT molecular complexity index is 640. The second kappa shape index (κ2) is 5.86. The monoisotopic (exact) mass is 276 g/mol. The van der Waals surface area contributed by atoms with Crippen LogP contribution in [0.4, 0.5) is 5.69 Å². The number of nitrogens with one attached hydrogen (secondary N) is 1. The summed E-state index contributed by atoms with van der Waals surface area (Å²) in [6, 6.07) is 16.3. The Labute approximate surface area is 113 Å². The van der Waals surface area contributed by atoms with Gasteiger partial charge < -0.3 is 5.73 Å². The summed E-state index contributed by atoms with van der Waals surface area (Å²) in [4.78, 5) is 0. The van der Waals surface area contributed by atoms with Crippen LogP contribution in [0.3, 0.4) is 0 Å². The van der Waals surface area contributed by atoms with E-state index in [2.05, 4.69) is 4.72 Å². The van der Waals surface area contributed by atoms with Crippen molar-refractivity contribution in [2.24, 2.45) is 0 Å². The van der Waals surface area contributed by atoms with E-state index in [1.165, 1.54) is 0 Å². The Kier molecular flexibility index (Phi) is 4.19. The molecule has 2 aromatic carbocycles. The maximum absolute atomic E-state index is 11.9. The molecule has 0 aliphatic carbocycles. The van der Waals surface area contributed by atoms with Crippen molar-refractivity contribution in [2.45, 2.75) is 12.3 Å². The van der Waals surface area contributed by atoms with Crippen molar-refractivity contribution in [1.29, 1.82) is 0 Å². The maximum Gasteiger partial charge on any atom is 0.216 e. The van der Waals surface area contributed by atoms with Crippen LogP contribution in [0, 0.1) is 0 Å². The standard InChI is InChI=1S/C14H16N2O2S/c15-14-8-4-7-13(9-14)11-19(17,18)16-10-12-5-2-1-3-6-12/h1-9,16H,10-11,15H2. The predicted molar refractivity (Wildman–Crippen MR) is 76.8 cm³/mol. The molecule has 4 nitrogen and oxygen atoms in total. The van der Waals surface area contributed by atoms with Crippen LogP contribution in [0.15, 0.2) is 54.6 Å². The molecule has 100 valence electrons. The van der Waals surface area contributed by atoms with Crippen molar-refractivity contribution in [1.82, 2.24) is 4.72 Å². The minimum absolute atomic E-state index is 0.0646. The second-order valence-corrected chi connectivity index (χ2v) is 6.12. The average Bonchev–Trinajstić information content (AvgIpc) is 2.37. The highest BCUT2D eigenvalue weighted by molar-refractivity contribution is 7.88. The number of benzene rings is 2. The summed E-state index contributed by atoms with van der Waals surface area (Å²) in [5, 5.41) is 0. The van der Waals surface area contributed by atoms with E-state index in [9.17, 15) is 8.42 Å². The van der Waals surface area contributed by atoms with Gasteiger partial charge in [-0.2, -0.15) is 0 Å². The number of nitrogen functional groups attached to an aromatic ring is 1. The maximum atomic E-state index is 11.9. The number of hydrogen-bond acceptors (Lipinski definition) is 3. The Hall–Kier alpha value is -1.85. The van der Waals surface area contributed by atoms with E-state index < -0.39 is 10.0 Å². The van der Waals surface area contributed by atoms with Gasteiger partial charge in [0.15, 0.2) is 0 Å². The second-order valence-electron chi connectivity index (χ2n) is 4.31. The normalized spacial score (nSPS) is 11.4. The molecular formula is C14H16N2O2S. The molecule has 0 bridgehead atoms. The van der Waals surface area contributed by atoms with Gasteiger partial charge in [-0.15, -0.1) is 0 Å². The van der Waals surface area contributed by atoms with Gasteiger partial charge in [0.1, 0.15) is 0 Å². The molecule has 0 saturated heterocycles. The van der Waals surface area contributed by atoms with E-state index in [1.807, 2.05) is 30.3 Å². The highest BCUT2D eigenvalue weighted by atomic mass is 32.2. The Morgan fingerprint density at radius 3 is 2.32 bits per heavy atom. The predicted octanol–water partition coefficient (Wildman–Crippen LogP) is 1.89. The van der Waals surface area contributed by atoms with Crippen LogP contribution < -0.4 is 10.5 Å². The zero-order chi connectivity index (χ0) is 13.7. The summed E-state index contributed by atoms with van der Waals surface area (Å²) < 4.78 is 26.4. The Balaban J connectivity index is 1.99. The molecule has 0 unspecified atom stereocenters. The van der Waals surface area contributed by atoms with E-state index in [-0.39, 0.29) is 5.75 Å². The fourth-order valence-electron chi connectivity index (χ4n) is 1.74. The quantitative estimate of drug-likeness (QED) is 0.819. The molecule has 0 aliphatic rings. The molecule has 0 saturated carbocycles. The average molecular weight is 276 g/mol. The first-order valence-electron chi connectivity index (χ1n) is 5.91. The molecule has 3 N–H and O–H groups in total. The van der Waals surface area contributed by atoms with Crippen LogP contribution in [-0.2, 0) is 22.3 Å². The molecule has 5 heteroatoms. The highest BCUT2D eigenvalue weighted by Gasteiger charge is 2.11. The zero-order valence-electron chi connectivity index (χ0n) is 10.4. The largest absolute Gasteiger partial charge is 0.399 e. The lowest BCUT2D eigenvalue weighted by atomic mass is 10.2. The van der Waals surface area contributed by atoms with Crippen molar-refractivity contribution in [3.8, 4) is 0 Å². The Morgan fingerprint density at radius 1 is 0.947 bits per heavy atom. The third-order valence-corrected chi connectivity index (χ3v) is 3.94. The molecule has 0 radical (unpaired) electrons. The molecule has 0 fully saturated rings. The zero-order valence-corrected chi connectivity index (χ0v) is 11.2.